The second-order valence-electron chi connectivity index (χ2n) is 7.96. The second kappa shape index (κ2) is 7.01. The van der Waals surface area contributed by atoms with Gasteiger partial charge in [0.15, 0.2) is 0 Å². The van der Waals surface area contributed by atoms with Gasteiger partial charge >= 0.3 is 0 Å². The molecule has 0 aliphatic carbocycles. The molecule has 0 radical (unpaired) electrons. The molecule has 0 aliphatic heterocycles. The minimum Gasteiger partial charge on any atom is -0.461 e. The summed E-state index contributed by atoms with van der Waals surface area (Å²) in [4.78, 5) is 0. The molecule has 2 aromatic heterocycles. The lowest BCUT2D eigenvalue weighted by atomic mass is 10.0. The molecule has 28 heavy (non-hydrogen) atoms. The number of hydrogen-bond acceptors (Lipinski definition) is 2. The van der Waals surface area contributed by atoms with E-state index in [0.29, 0.717) is 0 Å². The number of aryl methyl sites for hydroxylation is 2. The van der Waals surface area contributed by atoms with Gasteiger partial charge in [0.2, 0.25) is 0 Å². The van der Waals surface area contributed by atoms with E-state index in [9.17, 15) is 0 Å². The summed E-state index contributed by atoms with van der Waals surface area (Å²) in [5.74, 6) is 2.18. The summed E-state index contributed by atoms with van der Waals surface area (Å²) in [6, 6.07) is 17.8. The molecule has 0 saturated carbocycles. The van der Waals surface area contributed by atoms with Gasteiger partial charge in [-0.3, -0.25) is 0 Å². The zero-order chi connectivity index (χ0) is 19.1. The Balaban J connectivity index is 1.62. The predicted octanol–water partition coefficient (Wildman–Crippen LogP) is 8.17. The van der Waals surface area contributed by atoms with Crippen LogP contribution in [0.25, 0.3) is 43.5 Å². The maximum absolute atomic E-state index is 6.09. The zero-order valence-electron chi connectivity index (χ0n) is 16.7. The summed E-state index contributed by atoms with van der Waals surface area (Å²) < 4.78 is 12.2. The molecule has 0 bridgehead atoms. The molecule has 0 atom stereocenters. The average Bonchev–Trinajstić information content (AvgIpc) is 3.27. The Hall–Kier alpha value is -2.74. The number of unbranched alkanes of at least 4 members (excludes halogenated alkanes) is 2. The molecule has 2 nitrogen and oxygen atoms in total. The fraction of sp³-hybridized carbons (Fsp3) is 0.308. The van der Waals surface area contributed by atoms with E-state index < -0.39 is 0 Å². The van der Waals surface area contributed by atoms with Crippen LogP contribution in [0.3, 0.4) is 0 Å². The van der Waals surface area contributed by atoms with E-state index in [-0.39, 0.29) is 0 Å². The highest BCUT2D eigenvalue weighted by atomic mass is 16.3. The van der Waals surface area contributed by atoms with Gasteiger partial charge in [0.25, 0.3) is 0 Å². The molecule has 142 valence electrons. The van der Waals surface area contributed by atoms with Crippen LogP contribution in [0.1, 0.15) is 51.1 Å². The molecular formula is C26H26O2. The van der Waals surface area contributed by atoms with Gasteiger partial charge in [0.05, 0.1) is 0 Å². The number of hydrogen-bond donors (Lipinski definition) is 0. The maximum atomic E-state index is 6.09. The van der Waals surface area contributed by atoms with Gasteiger partial charge in [-0.25, -0.2) is 0 Å². The third-order valence-electron chi connectivity index (χ3n) is 5.72. The Labute approximate surface area is 165 Å². The summed E-state index contributed by atoms with van der Waals surface area (Å²) in [7, 11) is 0. The van der Waals surface area contributed by atoms with Crippen LogP contribution in [0.15, 0.2) is 57.4 Å². The lowest BCUT2D eigenvalue weighted by Crippen LogP contribution is -1.78. The van der Waals surface area contributed by atoms with E-state index in [2.05, 4.69) is 62.4 Å². The van der Waals surface area contributed by atoms with Crippen molar-refractivity contribution in [1.82, 2.24) is 0 Å². The molecule has 0 fully saturated rings. The third kappa shape index (κ3) is 3.07. The first kappa shape index (κ1) is 17.4. The first-order valence-corrected chi connectivity index (χ1v) is 10.6. The zero-order valence-corrected chi connectivity index (χ0v) is 16.7. The highest BCUT2D eigenvalue weighted by molar-refractivity contribution is 6.06. The highest BCUT2D eigenvalue weighted by Gasteiger charge is 2.09. The molecule has 3 aromatic carbocycles. The summed E-state index contributed by atoms with van der Waals surface area (Å²) >= 11 is 0. The van der Waals surface area contributed by atoms with Crippen LogP contribution in [-0.2, 0) is 12.8 Å². The number of benzene rings is 3. The van der Waals surface area contributed by atoms with E-state index in [1.54, 1.807) is 0 Å². The van der Waals surface area contributed by atoms with Crippen molar-refractivity contribution in [3.05, 3.63) is 60.1 Å². The Morgan fingerprint density at radius 2 is 0.893 bits per heavy atom. The molecule has 0 aliphatic rings. The fourth-order valence-corrected chi connectivity index (χ4v) is 4.13. The van der Waals surface area contributed by atoms with Crippen molar-refractivity contribution in [2.75, 3.05) is 0 Å². The normalized spacial score (nSPS) is 12.1. The molecule has 2 heterocycles. The lowest BCUT2D eigenvalue weighted by Gasteiger charge is -2.03. The summed E-state index contributed by atoms with van der Waals surface area (Å²) in [5.41, 5.74) is 1.98. The molecule has 0 saturated heterocycles. The quantitative estimate of drug-likeness (QED) is 0.282. The van der Waals surface area contributed by atoms with Gasteiger partial charge in [-0.05, 0) is 82.9 Å². The summed E-state index contributed by atoms with van der Waals surface area (Å²) in [6.07, 6.45) is 6.74. The fourth-order valence-electron chi connectivity index (χ4n) is 4.13. The Bertz CT molecular complexity index is 1100. The summed E-state index contributed by atoms with van der Waals surface area (Å²) in [5, 5.41) is 7.34. The van der Waals surface area contributed by atoms with Crippen LogP contribution < -0.4 is 0 Å². The monoisotopic (exact) mass is 370 g/mol. The van der Waals surface area contributed by atoms with Crippen LogP contribution >= 0.6 is 0 Å². The summed E-state index contributed by atoms with van der Waals surface area (Å²) in [6.45, 7) is 4.43. The molecular weight excluding hydrogens is 344 g/mol. The van der Waals surface area contributed by atoms with E-state index in [0.717, 1.165) is 35.5 Å². The molecule has 0 N–H and O–H groups in total. The van der Waals surface area contributed by atoms with Crippen molar-refractivity contribution < 1.29 is 8.83 Å². The largest absolute Gasteiger partial charge is 0.461 e. The smallest absolute Gasteiger partial charge is 0.134 e. The molecule has 0 amide bonds. The minimum atomic E-state index is 0.990. The highest BCUT2D eigenvalue weighted by Crippen LogP contribution is 2.32. The molecule has 2 heteroatoms. The van der Waals surface area contributed by atoms with Gasteiger partial charge in [0.1, 0.15) is 22.7 Å². The van der Waals surface area contributed by atoms with E-state index in [4.69, 9.17) is 8.83 Å². The molecule has 5 aromatic rings. The molecule has 0 unspecified atom stereocenters. The van der Waals surface area contributed by atoms with Crippen LogP contribution in [0.2, 0.25) is 0 Å². The number of rotatable bonds is 6. The predicted molar refractivity (Wildman–Crippen MR) is 118 cm³/mol. The van der Waals surface area contributed by atoms with Crippen LogP contribution in [0, 0.1) is 0 Å². The lowest BCUT2D eigenvalue weighted by molar-refractivity contribution is 0.536. The maximum Gasteiger partial charge on any atom is 0.134 e. The minimum absolute atomic E-state index is 0.990. The van der Waals surface area contributed by atoms with Crippen LogP contribution in [0.5, 0.6) is 0 Å². The van der Waals surface area contributed by atoms with E-state index in [1.807, 2.05) is 0 Å². The van der Waals surface area contributed by atoms with Crippen molar-refractivity contribution in [2.45, 2.75) is 52.4 Å². The van der Waals surface area contributed by atoms with Gasteiger partial charge in [-0.1, -0.05) is 26.7 Å². The van der Waals surface area contributed by atoms with Crippen LogP contribution in [0.4, 0.5) is 0 Å². The van der Waals surface area contributed by atoms with Crippen molar-refractivity contribution in [3.8, 4) is 0 Å². The first-order chi connectivity index (χ1) is 13.7. The van der Waals surface area contributed by atoms with Crippen molar-refractivity contribution in [2.24, 2.45) is 0 Å². The van der Waals surface area contributed by atoms with E-state index in [1.165, 1.54) is 58.0 Å². The van der Waals surface area contributed by atoms with Crippen LogP contribution in [-0.4, -0.2) is 0 Å². The first-order valence-electron chi connectivity index (χ1n) is 10.6. The Kier molecular flexibility index (Phi) is 4.35. The van der Waals surface area contributed by atoms with Gasteiger partial charge in [-0.2, -0.15) is 0 Å². The number of furan rings is 2. The van der Waals surface area contributed by atoms with Gasteiger partial charge in [0, 0.05) is 23.6 Å². The number of fused-ring (bicyclic) bond motifs is 4. The van der Waals surface area contributed by atoms with Gasteiger partial charge in [-0.15, -0.1) is 0 Å². The van der Waals surface area contributed by atoms with Crippen molar-refractivity contribution in [1.29, 1.82) is 0 Å². The Morgan fingerprint density at radius 1 is 0.500 bits per heavy atom. The van der Waals surface area contributed by atoms with Crippen molar-refractivity contribution in [3.63, 3.8) is 0 Å². The molecule has 0 spiro atoms. The Morgan fingerprint density at radius 3 is 1.32 bits per heavy atom. The standard InChI is InChI=1S/C26H26O2/c1-3-5-7-23-13-21-11-17-9-20-16-26-22(14-24(28-26)8-6-4-2)12-18(20)10-19(17)15-25(21)27-23/h9-16H,3-8H2,1-2H3. The van der Waals surface area contributed by atoms with Gasteiger partial charge < -0.3 is 8.83 Å². The second-order valence-corrected chi connectivity index (χ2v) is 7.96. The van der Waals surface area contributed by atoms with Crippen molar-refractivity contribution >= 4 is 43.5 Å². The molecule has 5 rings (SSSR count). The van der Waals surface area contributed by atoms with E-state index >= 15 is 0 Å². The topological polar surface area (TPSA) is 26.3 Å². The third-order valence-corrected chi connectivity index (χ3v) is 5.72. The average molecular weight is 370 g/mol. The SMILES string of the molecule is CCCCc1cc2cc3cc4cc5oc(CCCC)cc5cc4cc3cc2o1.